The summed E-state index contributed by atoms with van der Waals surface area (Å²) in [6, 6.07) is 10.0. The molecular weight excluding hydrogens is 280 g/mol. The molecule has 20 heavy (non-hydrogen) atoms. The Morgan fingerprint density at radius 3 is 2.65 bits per heavy atom. The van der Waals surface area contributed by atoms with E-state index in [-0.39, 0.29) is 16.5 Å². The second kappa shape index (κ2) is 5.32. The Labute approximate surface area is 119 Å². The van der Waals surface area contributed by atoms with Crippen LogP contribution in [0.15, 0.2) is 41.3 Å². The van der Waals surface area contributed by atoms with Gasteiger partial charge in [0.1, 0.15) is 17.4 Å². The van der Waals surface area contributed by atoms with Crippen LogP contribution in [0.4, 0.5) is 14.5 Å². The highest BCUT2D eigenvalue weighted by molar-refractivity contribution is 7.99. The molecular formula is C15H13F2NOS. The zero-order valence-corrected chi connectivity index (χ0v) is 11.4. The molecule has 0 aromatic heterocycles. The molecule has 0 saturated carbocycles. The molecule has 0 amide bonds. The highest BCUT2D eigenvalue weighted by Crippen LogP contribution is 2.38. The number of ether oxygens (including phenoxy) is 1. The summed E-state index contributed by atoms with van der Waals surface area (Å²) in [6.07, 6.45) is 0. The van der Waals surface area contributed by atoms with E-state index >= 15 is 0 Å². The number of halogens is 2. The Kier molecular flexibility index (Phi) is 3.53. The molecule has 104 valence electrons. The first-order valence-corrected chi connectivity index (χ1v) is 7.23. The molecule has 0 saturated heterocycles. The van der Waals surface area contributed by atoms with Gasteiger partial charge >= 0.3 is 0 Å². The molecule has 0 aliphatic carbocycles. The summed E-state index contributed by atoms with van der Waals surface area (Å²) in [5.74, 6) is 0.345. The first kappa shape index (κ1) is 13.2. The van der Waals surface area contributed by atoms with E-state index in [9.17, 15) is 8.78 Å². The number of rotatable bonds is 3. The van der Waals surface area contributed by atoms with Crippen molar-refractivity contribution in [2.24, 2.45) is 0 Å². The van der Waals surface area contributed by atoms with Crippen molar-refractivity contribution in [2.45, 2.75) is 10.8 Å². The summed E-state index contributed by atoms with van der Waals surface area (Å²) in [5.41, 5.74) is 6.59. The van der Waals surface area contributed by atoms with E-state index in [4.69, 9.17) is 10.5 Å². The van der Waals surface area contributed by atoms with E-state index in [1.165, 1.54) is 0 Å². The van der Waals surface area contributed by atoms with E-state index < -0.39 is 11.6 Å². The Bertz CT molecular complexity index is 625. The zero-order valence-electron chi connectivity index (χ0n) is 10.6. The van der Waals surface area contributed by atoms with Crippen molar-refractivity contribution in [3.05, 3.63) is 53.6 Å². The molecule has 1 unspecified atom stereocenters. The van der Waals surface area contributed by atoms with E-state index in [1.54, 1.807) is 0 Å². The minimum absolute atomic E-state index is 0.0172. The van der Waals surface area contributed by atoms with Crippen molar-refractivity contribution < 1.29 is 13.5 Å². The minimum atomic E-state index is -0.611. The maximum atomic E-state index is 13.7. The molecule has 0 fully saturated rings. The maximum Gasteiger partial charge on any atom is 0.141 e. The normalized spacial score (nSPS) is 16.8. The molecule has 1 aliphatic heterocycles. The molecule has 1 heterocycles. The van der Waals surface area contributed by atoms with E-state index in [0.29, 0.717) is 12.4 Å². The molecule has 1 aliphatic rings. The van der Waals surface area contributed by atoms with Crippen molar-refractivity contribution in [1.82, 2.24) is 0 Å². The second-order valence-corrected chi connectivity index (χ2v) is 5.70. The van der Waals surface area contributed by atoms with Gasteiger partial charge in [-0.3, -0.25) is 0 Å². The van der Waals surface area contributed by atoms with Gasteiger partial charge in [-0.15, -0.1) is 11.8 Å². The van der Waals surface area contributed by atoms with E-state index in [0.717, 1.165) is 35.2 Å². The number of nitrogens with two attached hydrogens (primary N) is 1. The van der Waals surface area contributed by atoms with Gasteiger partial charge < -0.3 is 10.5 Å². The quantitative estimate of drug-likeness (QED) is 0.690. The van der Waals surface area contributed by atoms with Gasteiger partial charge in [-0.25, -0.2) is 8.78 Å². The van der Waals surface area contributed by atoms with Gasteiger partial charge in [0.15, 0.2) is 0 Å². The third-order valence-corrected chi connectivity index (χ3v) is 4.50. The van der Waals surface area contributed by atoms with Gasteiger partial charge in [0.25, 0.3) is 0 Å². The Morgan fingerprint density at radius 1 is 1.20 bits per heavy atom. The predicted molar refractivity (Wildman–Crippen MR) is 76.2 cm³/mol. The summed E-state index contributed by atoms with van der Waals surface area (Å²) in [4.78, 5) is 0.0172. The lowest BCUT2D eigenvalue weighted by molar-refractivity contribution is 0.338. The van der Waals surface area contributed by atoms with E-state index in [2.05, 4.69) is 0 Å². The molecule has 1 atom stereocenters. The van der Waals surface area contributed by atoms with Crippen LogP contribution < -0.4 is 10.5 Å². The molecule has 0 spiro atoms. The van der Waals surface area contributed by atoms with Crippen molar-refractivity contribution in [1.29, 1.82) is 0 Å². The van der Waals surface area contributed by atoms with Crippen LogP contribution in [0.3, 0.4) is 0 Å². The highest BCUT2D eigenvalue weighted by Gasteiger charge is 2.24. The van der Waals surface area contributed by atoms with Gasteiger partial charge in [0.05, 0.1) is 11.5 Å². The first-order chi connectivity index (χ1) is 9.65. The van der Waals surface area contributed by atoms with Gasteiger partial charge in [0, 0.05) is 22.9 Å². The third-order valence-electron chi connectivity index (χ3n) is 3.25. The second-order valence-electron chi connectivity index (χ2n) is 4.67. The van der Waals surface area contributed by atoms with Crippen molar-refractivity contribution in [3.63, 3.8) is 0 Å². The van der Waals surface area contributed by atoms with Crippen molar-refractivity contribution >= 4 is 17.4 Å². The first-order valence-electron chi connectivity index (χ1n) is 6.24. The Hall–Kier alpha value is -1.75. The van der Waals surface area contributed by atoms with Crippen LogP contribution in [0, 0.1) is 11.6 Å². The Balaban J connectivity index is 1.76. The fourth-order valence-electron chi connectivity index (χ4n) is 2.27. The lowest BCUT2D eigenvalue weighted by Gasteiger charge is -2.10. The number of benzene rings is 2. The van der Waals surface area contributed by atoms with Crippen LogP contribution in [0.2, 0.25) is 0 Å². The van der Waals surface area contributed by atoms with Crippen LogP contribution in [-0.2, 0) is 0 Å². The van der Waals surface area contributed by atoms with Crippen LogP contribution >= 0.6 is 11.8 Å². The molecule has 2 N–H and O–H groups in total. The third kappa shape index (κ3) is 2.45. The number of anilines is 1. The average Bonchev–Trinajstić information content (AvgIpc) is 2.81. The number of hydrogen-bond donors (Lipinski definition) is 1. The van der Waals surface area contributed by atoms with Crippen LogP contribution in [0.5, 0.6) is 5.75 Å². The molecule has 2 aromatic carbocycles. The standard InChI is InChI=1S/C15H13F2NOS/c16-12-5-10(18)6-13(17)15(12)20-8-9-7-19-14-4-2-1-3-11(9)14/h1-6,9H,7-8,18H2. The van der Waals surface area contributed by atoms with Gasteiger partial charge in [-0.1, -0.05) is 18.2 Å². The van der Waals surface area contributed by atoms with Gasteiger partial charge in [0.2, 0.25) is 0 Å². The molecule has 3 rings (SSSR count). The fourth-order valence-corrected chi connectivity index (χ4v) is 3.31. The summed E-state index contributed by atoms with van der Waals surface area (Å²) in [7, 11) is 0. The minimum Gasteiger partial charge on any atom is -0.493 e. The van der Waals surface area contributed by atoms with E-state index in [1.807, 2.05) is 24.3 Å². The van der Waals surface area contributed by atoms with Gasteiger partial charge in [-0.05, 0) is 18.2 Å². The maximum absolute atomic E-state index is 13.7. The lowest BCUT2D eigenvalue weighted by atomic mass is 10.0. The van der Waals surface area contributed by atoms with Crippen LogP contribution in [0.25, 0.3) is 0 Å². The zero-order chi connectivity index (χ0) is 14.1. The lowest BCUT2D eigenvalue weighted by Crippen LogP contribution is -2.04. The number of thioether (sulfide) groups is 1. The summed E-state index contributed by atoms with van der Waals surface area (Å²) in [5, 5.41) is 0. The molecule has 5 heteroatoms. The monoisotopic (exact) mass is 293 g/mol. The van der Waals surface area contributed by atoms with Crippen LogP contribution in [0.1, 0.15) is 11.5 Å². The predicted octanol–water partition coefficient (Wildman–Crippen LogP) is 3.82. The average molecular weight is 293 g/mol. The smallest absolute Gasteiger partial charge is 0.141 e. The number of hydrogen-bond acceptors (Lipinski definition) is 3. The topological polar surface area (TPSA) is 35.2 Å². The number of nitrogen functional groups attached to an aromatic ring is 1. The molecule has 2 aromatic rings. The van der Waals surface area contributed by atoms with Crippen molar-refractivity contribution in [2.75, 3.05) is 18.1 Å². The summed E-state index contributed by atoms with van der Waals surface area (Å²) < 4.78 is 33.0. The summed E-state index contributed by atoms with van der Waals surface area (Å²) in [6.45, 7) is 0.546. The van der Waals surface area contributed by atoms with Gasteiger partial charge in [-0.2, -0.15) is 0 Å². The molecule has 0 radical (unpaired) electrons. The fraction of sp³-hybridized carbons (Fsp3) is 0.200. The highest BCUT2D eigenvalue weighted by atomic mass is 32.2. The molecule has 0 bridgehead atoms. The van der Waals surface area contributed by atoms with Crippen molar-refractivity contribution in [3.8, 4) is 5.75 Å². The summed E-state index contributed by atoms with van der Waals surface area (Å²) >= 11 is 1.16. The molecule has 2 nitrogen and oxygen atoms in total. The Morgan fingerprint density at radius 2 is 1.90 bits per heavy atom. The number of fused-ring (bicyclic) bond motifs is 1. The number of para-hydroxylation sites is 1. The van der Waals surface area contributed by atoms with Crippen LogP contribution in [-0.4, -0.2) is 12.4 Å². The largest absolute Gasteiger partial charge is 0.493 e. The SMILES string of the molecule is Nc1cc(F)c(SCC2COc3ccccc32)c(F)c1.